The quantitative estimate of drug-likeness (QED) is 0.320. The third-order valence-corrected chi connectivity index (χ3v) is 6.60. The van der Waals surface area contributed by atoms with Crippen LogP contribution < -0.4 is 5.32 Å². The van der Waals surface area contributed by atoms with E-state index in [1.54, 1.807) is 12.1 Å². The predicted molar refractivity (Wildman–Crippen MR) is 139 cm³/mol. The summed E-state index contributed by atoms with van der Waals surface area (Å²) in [6.45, 7) is 3.48. The van der Waals surface area contributed by atoms with Gasteiger partial charge in [-0.05, 0) is 36.4 Å². The molecule has 0 bridgehead atoms. The van der Waals surface area contributed by atoms with Crippen LogP contribution in [0.15, 0.2) is 72.8 Å². The maximum atomic E-state index is 12.7. The van der Waals surface area contributed by atoms with E-state index in [1.807, 2.05) is 52.9 Å². The van der Waals surface area contributed by atoms with Crippen LogP contribution in [0.1, 0.15) is 26.5 Å². The molecule has 0 atom stereocenters. The molecule has 10 heteroatoms. The zero-order valence-corrected chi connectivity index (χ0v) is 20.3. The lowest BCUT2D eigenvalue weighted by Crippen LogP contribution is -2.48. The number of benzene rings is 3. The number of rotatable bonds is 6. The fraction of sp³-hybridized carbons (Fsp3) is 0.222. The zero-order valence-electron chi connectivity index (χ0n) is 20.3. The van der Waals surface area contributed by atoms with Gasteiger partial charge in [0, 0.05) is 62.2 Å². The second kappa shape index (κ2) is 10.2. The minimum Gasteiger partial charge on any atom is -0.336 e. The number of nitrogens with zero attached hydrogens (tertiary/aromatic N) is 5. The number of fused-ring (bicyclic) bond motifs is 1. The van der Waals surface area contributed by atoms with Gasteiger partial charge in [-0.15, -0.1) is 0 Å². The van der Waals surface area contributed by atoms with Crippen molar-refractivity contribution in [3.63, 3.8) is 0 Å². The molecule has 4 aromatic rings. The summed E-state index contributed by atoms with van der Waals surface area (Å²) in [5, 5.41) is 13.8. The lowest BCUT2D eigenvalue weighted by atomic mass is 10.2. The molecule has 1 aromatic heterocycles. The van der Waals surface area contributed by atoms with Gasteiger partial charge in [0.25, 0.3) is 17.5 Å². The summed E-state index contributed by atoms with van der Waals surface area (Å²) in [6, 6.07) is 20.4. The summed E-state index contributed by atoms with van der Waals surface area (Å²) in [7, 11) is 1.96. The zero-order chi connectivity index (χ0) is 25.9. The molecule has 5 rings (SSSR count). The van der Waals surface area contributed by atoms with Crippen LogP contribution in [0.3, 0.4) is 0 Å². The van der Waals surface area contributed by atoms with Crippen molar-refractivity contribution in [3.8, 4) is 0 Å². The lowest BCUT2D eigenvalue weighted by Gasteiger charge is -2.34. The summed E-state index contributed by atoms with van der Waals surface area (Å²) >= 11 is 0. The number of aromatic nitrogens is 2. The van der Waals surface area contributed by atoms with Crippen LogP contribution in [0.2, 0.25) is 0 Å². The van der Waals surface area contributed by atoms with Gasteiger partial charge in [0.05, 0.1) is 22.5 Å². The molecule has 1 fully saturated rings. The van der Waals surface area contributed by atoms with Crippen LogP contribution in [0.4, 0.5) is 11.4 Å². The molecule has 1 aliphatic heterocycles. The van der Waals surface area contributed by atoms with Gasteiger partial charge in [0.1, 0.15) is 5.82 Å². The summed E-state index contributed by atoms with van der Waals surface area (Å²) in [5.41, 5.74) is 3.01. The van der Waals surface area contributed by atoms with Crippen LogP contribution in [0, 0.1) is 10.1 Å². The number of nitrogens with one attached hydrogen (secondary N) is 1. The average Bonchev–Trinajstić information content (AvgIpc) is 3.23. The monoisotopic (exact) mass is 498 g/mol. The van der Waals surface area contributed by atoms with E-state index in [2.05, 4.69) is 10.2 Å². The minimum atomic E-state index is -0.529. The van der Waals surface area contributed by atoms with Crippen LogP contribution in [0.5, 0.6) is 0 Å². The topological polar surface area (TPSA) is 114 Å². The van der Waals surface area contributed by atoms with Gasteiger partial charge in [-0.1, -0.05) is 24.3 Å². The first-order chi connectivity index (χ1) is 17.9. The molecule has 37 heavy (non-hydrogen) atoms. The van der Waals surface area contributed by atoms with E-state index in [0.717, 1.165) is 29.9 Å². The van der Waals surface area contributed by atoms with Gasteiger partial charge >= 0.3 is 0 Å². The Morgan fingerprint density at radius 2 is 1.68 bits per heavy atom. The molecule has 0 aliphatic carbocycles. The van der Waals surface area contributed by atoms with Crippen molar-refractivity contribution in [3.05, 3.63) is 99.9 Å². The number of aryl methyl sites for hydroxylation is 1. The number of nitro groups is 1. The smallest absolute Gasteiger partial charge is 0.270 e. The molecule has 0 radical (unpaired) electrons. The van der Waals surface area contributed by atoms with Gasteiger partial charge in [-0.3, -0.25) is 24.6 Å². The van der Waals surface area contributed by atoms with Crippen LogP contribution in [0.25, 0.3) is 11.0 Å². The minimum absolute atomic E-state index is 0.0580. The van der Waals surface area contributed by atoms with Crippen molar-refractivity contribution in [1.29, 1.82) is 0 Å². The number of imidazole rings is 1. The molecule has 10 nitrogen and oxygen atoms in total. The van der Waals surface area contributed by atoms with E-state index >= 15 is 0 Å². The third kappa shape index (κ3) is 5.19. The van der Waals surface area contributed by atoms with Gasteiger partial charge in [0.2, 0.25) is 0 Å². The van der Waals surface area contributed by atoms with Gasteiger partial charge in [0.15, 0.2) is 0 Å². The molecule has 3 aromatic carbocycles. The molecule has 0 spiro atoms. The maximum absolute atomic E-state index is 12.7. The van der Waals surface area contributed by atoms with Gasteiger partial charge in [-0.2, -0.15) is 0 Å². The fourth-order valence-electron chi connectivity index (χ4n) is 4.51. The number of carbonyl (C=O) groups is 2. The molecule has 0 saturated carbocycles. The molecule has 1 N–H and O–H groups in total. The standard InChI is InChI=1S/C27H26N6O4/c1-30-24-11-10-21(28-26(34)20-8-5-9-22(16-20)33(36)37)17-23(24)29-25(30)18-31-12-14-32(15-13-31)27(35)19-6-3-2-4-7-19/h2-11,16-17H,12-15,18H2,1H3,(H,28,34). The summed E-state index contributed by atoms with van der Waals surface area (Å²) < 4.78 is 2.03. The molecule has 188 valence electrons. The van der Waals surface area contributed by atoms with Crippen LogP contribution in [-0.2, 0) is 13.6 Å². The van der Waals surface area contributed by atoms with Crippen molar-refractivity contribution in [2.75, 3.05) is 31.5 Å². The summed E-state index contributed by atoms with van der Waals surface area (Å²) in [4.78, 5) is 44.8. The number of hydrogen-bond acceptors (Lipinski definition) is 6. The number of nitro benzene ring substituents is 1. The first-order valence-corrected chi connectivity index (χ1v) is 12.0. The summed E-state index contributed by atoms with van der Waals surface area (Å²) in [5.74, 6) is 0.518. The second-order valence-corrected chi connectivity index (χ2v) is 8.99. The van der Waals surface area contributed by atoms with Gasteiger partial charge < -0.3 is 14.8 Å². The highest BCUT2D eigenvalue weighted by Gasteiger charge is 2.23. The largest absolute Gasteiger partial charge is 0.336 e. The van der Waals surface area contributed by atoms with Gasteiger partial charge in [-0.25, -0.2) is 4.98 Å². The Hall–Kier alpha value is -4.57. The van der Waals surface area contributed by atoms with Crippen LogP contribution >= 0.6 is 0 Å². The van der Waals surface area contributed by atoms with Crippen molar-refractivity contribution >= 4 is 34.2 Å². The molecule has 1 aliphatic rings. The Morgan fingerprint density at radius 1 is 0.946 bits per heavy atom. The number of non-ortho nitro benzene ring substituents is 1. The molecule has 1 saturated heterocycles. The van der Waals surface area contributed by atoms with E-state index in [4.69, 9.17) is 4.98 Å². The number of carbonyl (C=O) groups excluding carboxylic acids is 2. The van der Waals surface area contributed by atoms with Crippen molar-refractivity contribution in [2.45, 2.75) is 6.54 Å². The van der Waals surface area contributed by atoms with E-state index in [-0.39, 0.29) is 17.2 Å². The average molecular weight is 499 g/mol. The van der Waals surface area contributed by atoms with Crippen molar-refractivity contribution < 1.29 is 14.5 Å². The highest BCUT2D eigenvalue weighted by Crippen LogP contribution is 2.22. The molecular formula is C27H26N6O4. The van der Waals surface area contributed by atoms with Crippen LogP contribution in [-0.4, -0.2) is 62.3 Å². The number of anilines is 1. The normalized spacial score (nSPS) is 14.0. The third-order valence-electron chi connectivity index (χ3n) is 6.60. The fourth-order valence-corrected chi connectivity index (χ4v) is 4.51. The predicted octanol–water partition coefficient (Wildman–Crippen LogP) is 3.69. The first kappa shape index (κ1) is 24.1. The summed E-state index contributed by atoms with van der Waals surface area (Å²) in [6.07, 6.45) is 0. The second-order valence-electron chi connectivity index (χ2n) is 8.99. The first-order valence-electron chi connectivity index (χ1n) is 12.0. The number of amides is 2. The molecular weight excluding hydrogens is 472 g/mol. The highest BCUT2D eigenvalue weighted by molar-refractivity contribution is 6.05. The number of piperazine rings is 1. The Bertz CT molecular complexity index is 1480. The molecule has 0 unspecified atom stereocenters. The van der Waals surface area contributed by atoms with E-state index in [0.29, 0.717) is 30.9 Å². The molecule has 2 amide bonds. The SMILES string of the molecule is Cn1c(CN2CCN(C(=O)c3ccccc3)CC2)nc2cc(NC(=O)c3cccc([N+](=O)[O-])c3)ccc21. The Labute approximate surface area is 213 Å². The Balaban J connectivity index is 1.24. The van der Waals surface area contributed by atoms with E-state index in [9.17, 15) is 19.7 Å². The highest BCUT2D eigenvalue weighted by atomic mass is 16.6. The number of hydrogen-bond donors (Lipinski definition) is 1. The van der Waals surface area contributed by atoms with E-state index in [1.165, 1.54) is 24.3 Å². The Morgan fingerprint density at radius 3 is 2.41 bits per heavy atom. The van der Waals surface area contributed by atoms with Crippen molar-refractivity contribution in [2.24, 2.45) is 7.05 Å². The maximum Gasteiger partial charge on any atom is 0.270 e. The lowest BCUT2D eigenvalue weighted by molar-refractivity contribution is -0.384. The molecule has 2 heterocycles. The Kier molecular flexibility index (Phi) is 6.65. The van der Waals surface area contributed by atoms with E-state index < -0.39 is 10.8 Å². The van der Waals surface area contributed by atoms with Crippen molar-refractivity contribution in [1.82, 2.24) is 19.4 Å².